The first kappa shape index (κ1) is 12.6. The first-order valence-corrected chi connectivity index (χ1v) is 6.48. The van der Waals surface area contributed by atoms with Crippen LogP contribution in [0.25, 0.3) is 23.0 Å². The molecule has 3 heterocycles. The fraction of sp³-hybridized carbons (Fsp3) is 0.0769. The summed E-state index contributed by atoms with van der Waals surface area (Å²) in [5.41, 5.74) is 2.00. The molecule has 3 aromatic heterocycles. The molecular weight excluding hydrogens is 322 g/mol. The fourth-order valence-corrected chi connectivity index (χ4v) is 2.18. The lowest BCUT2D eigenvalue weighted by Crippen LogP contribution is -1.89. The third kappa shape index (κ3) is 2.21. The molecule has 3 aromatic rings. The predicted molar refractivity (Wildman–Crippen MR) is 74.4 cm³/mol. The molecule has 20 heavy (non-hydrogen) atoms. The Morgan fingerprint density at radius 3 is 2.90 bits per heavy atom. The first-order valence-electron chi connectivity index (χ1n) is 5.69. The molecule has 0 aliphatic rings. The van der Waals surface area contributed by atoms with Gasteiger partial charge in [0.15, 0.2) is 0 Å². The summed E-state index contributed by atoms with van der Waals surface area (Å²) in [6.45, 7) is 0. The zero-order valence-electron chi connectivity index (χ0n) is 10.4. The van der Waals surface area contributed by atoms with E-state index < -0.39 is 0 Å². The van der Waals surface area contributed by atoms with Gasteiger partial charge in [0.2, 0.25) is 5.82 Å². The summed E-state index contributed by atoms with van der Waals surface area (Å²) >= 11 is 3.35. The smallest absolute Gasteiger partial charge is 0.274 e. The van der Waals surface area contributed by atoms with Gasteiger partial charge < -0.3 is 9.09 Å². The van der Waals surface area contributed by atoms with E-state index in [0.29, 0.717) is 23.0 Å². The molecule has 7 heteroatoms. The van der Waals surface area contributed by atoms with Gasteiger partial charge in [0.05, 0.1) is 5.56 Å². The molecule has 0 unspecified atom stereocenters. The molecule has 0 N–H and O–H groups in total. The highest BCUT2D eigenvalue weighted by atomic mass is 79.9. The Labute approximate surface area is 122 Å². The topological polar surface area (TPSA) is 80.5 Å². The summed E-state index contributed by atoms with van der Waals surface area (Å²) in [5, 5.41) is 12.8. The van der Waals surface area contributed by atoms with E-state index in [-0.39, 0.29) is 0 Å². The van der Waals surface area contributed by atoms with Gasteiger partial charge in [-0.05, 0) is 28.1 Å². The van der Waals surface area contributed by atoms with Crippen LogP contribution in [0.15, 0.2) is 39.7 Å². The van der Waals surface area contributed by atoms with Crippen molar-refractivity contribution in [3.8, 4) is 29.0 Å². The number of hydrogen-bond donors (Lipinski definition) is 0. The van der Waals surface area contributed by atoms with E-state index in [4.69, 9.17) is 9.78 Å². The van der Waals surface area contributed by atoms with Crippen LogP contribution in [-0.2, 0) is 7.05 Å². The van der Waals surface area contributed by atoms with Gasteiger partial charge in [-0.25, -0.2) is 0 Å². The maximum Gasteiger partial charge on any atom is 0.274 e. The van der Waals surface area contributed by atoms with E-state index in [1.54, 1.807) is 29.2 Å². The highest BCUT2D eigenvalue weighted by molar-refractivity contribution is 9.10. The minimum Gasteiger partial charge on any atom is -0.345 e. The van der Waals surface area contributed by atoms with E-state index >= 15 is 0 Å². The summed E-state index contributed by atoms with van der Waals surface area (Å²) in [4.78, 5) is 8.39. The van der Waals surface area contributed by atoms with Crippen molar-refractivity contribution in [1.82, 2.24) is 19.7 Å². The molecule has 0 saturated carbocycles. The van der Waals surface area contributed by atoms with Gasteiger partial charge in [-0.1, -0.05) is 5.16 Å². The van der Waals surface area contributed by atoms with E-state index in [1.807, 2.05) is 13.1 Å². The highest BCUT2D eigenvalue weighted by Gasteiger charge is 2.14. The van der Waals surface area contributed by atoms with Gasteiger partial charge >= 0.3 is 0 Å². The lowest BCUT2D eigenvalue weighted by Gasteiger charge is -1.95. The van der Waals surface area contributed by atoms with Crippen molar-refractivity contribution in [2.45, 2.75) is 0 Å². The van der Waals surface area contributed by atoms with Crippen molar-refractivity contribution in [3.05, 3.63) is 40.8 Å². The molecule has 6 nitrogen and oxygen atoms in total. The van der Waals surface area contributed by atoms with Gasteiger partial charge in [-0.3, -0.25) is 4.98 Å². The summed E-state index contributed by atoms with van der Waals surface area (Å²) in [7, 11) is 1.82. The number of rotatable bonds is 2. The normalized spacial score (nSPS) is 10.4. The minimum atomic E-state index is 0.365. The average molecular weight is 330 g/mol. The maximum absolute atomic E-state index is 8.89. The zero-order valence-corrected chi connectivity index (χ0v) is 12.0. The largest absolute Gasteiger partial charge is 0.345 e. The van der Waals surface area contributed by atoms with Crippen molar-refractivity contribution >= 4 is 15.9 Å². The van der Waals surface area contributed by atoms with Gasteiger partial charge in [-0.15, -0.1) is 0 Å². The average Bonchev–Trinajstić information content (AvgIpc) is 3.05. The molecule has 0 saturated heterocycles. The Bertz CT molecular complexity index is 814. The monoisotopic (exact) mass is 329 g/mol. The second kappa shape index (κ2) is 4.90. The number of hydrogen-bond acceptors (Lipinski definition) is 5. The summed E-state index contributed by atoms with van der Waals surface area (Å²) in [6, 6.07) is 5.64. The number of nitrogens with zero attached hydrogens (tertiary/aromatic N) is 5. The van der Waals surface area contributed by atoms with Crippen molar-refractivity contribution in [1.29, 1.82) is 5.26 Å². The van der Waals surface area contributed by atoms with Crippen molar-refractivity contribution < 1.29 is 4.52 Å². The molecule has 0 fully saturated rings. The van der Waals surface area contributed by atoms with E-state index in [1.165, 1.54) is 0 Å². The third-order valence-electron chi connectivity index (χ3n) is 2.74. The molecule has 0 radical (unpaired) electrons. The zero-order chi connectivity index (χ0) is 14.1. The second-order valence-electron chi connectivity index (χ2n) is 4.15. The number of aromatic nitrogens is 4. The third-order valence-corrected chi connectivity index (χ3v) is 3.18. The fourth-order valence-electron chi connectivity index (χ4n) is 1.82. The summed E-state index contributed by atoms with van der Waals surface area (Å²) in [6.07, 6.45) is 5.05. The van der Waals surface area contributed by atoms with Crippen LogP contribution in [0.1, 0.15) is 5.56 Å². The van der Waals surface area contributed by atoms with Gasteiger partial charge in [0.1, 0.15) is 11.8 Å². The van der Waals surface area contributed by atoms with Crippen molar-refractivity contribution in [2.24, 2.45) is 7.05 Å². The number of nitriles is 1. The molecule has 0 aliphatic carbocycles. The first-order chi connectivity index (χ1) is 9.67. The van der Waals surface area contributed by atoms with Crippen LogP contribution in [-0.4, -0.2) is 19.7 Å². The summed E-state index contributed by atoms with van der Waals surface area (Å²) in [5.74, 6) is 0.817. The molecule has 0 aromatic carbocycles. The SMILES string of the molecule is Cn1cc(C#N)cc1-c1nc(-c2cncc(Br)c2)no1. The van der Waals surface area contributed by atoms with Gasteiger partial charge in [0, 0.05) is 35.7 Å². The van der Waals surface area contributed by atoms with Crippen LogP contribution < -0.4 is 0 Å². The maximum atomic E-state index is 8.89. The van der Waals surface area contributed by atoms with Gasteiger partial charge in [-0.2, -0.15) is 10.2 Å². The molecule has 0 atom stereocenters. The Morgan fingerprint density at radius 2 is 2.20 bits per heavy atom. The Kier molecular flexibility index (Phi) is 3.08. The summed E-state index contributed by atoms with van der Waals surface area (Å²) < 4.78 is 7.86. The number of halogens is 1. The lowest BCUT2D eigenvalue weighted by molar-refractivity contribution is 0.429. The Morgan fingerprint density at radius 1 is 1.35 bits per heavy atom. The minimum absolute atomic E-state index is 0.365. The second-order valence-corrected chi connectivity index (χ2v) is 5.07. The van der Waals surface area contributed by atoms with Crippen LogP contribution in [0.2, 0.25) is 0 Å². The number of aryl methyl sites for hydroxylation is 1. The van der Waals surface area contributed by atoms with Crippen LogP contribution >= 0.6 is 15.9 Å². The molecular formula is C13H8BrN5O. The van der Waals surface area contributed by atoms with Crippen LogP contribution in [0, 0.1) is 11.3 Å². The van der Waals surface area contributed by atoms with Crippen LogP contribution in [0.5, 0.6) is 0 Å². The van der Waals surface area contributed by atoms with Crippen LogP contribution in [0.4, 0.5) is 0 Å². The molecule has 0 aliphatic heterocycles. The van der Waals surface area contributed by atoms with E-state index in [2.05, 4.69) is 37.1 Å². The van der Waals surface area contributed by atoms with Crippen molar-refractivity contribution in [2.75, 3.05) is 0 Å². The number of pyridine rings is 1. The molecule has 0 amide bonds. The molecule has 0 spiro atoms. The van der Waals surface area contributed by atoms with Crippen LogP contribution in [0.3, 0.4) is 0 Å². The van der Waals surface area contributed by atoms with Gasteiger partial charge in [0.25, 0.3) is 5.89 Å². The van der Waals surface area contributed by atoms with Crippen molar-refractivity contribution in [3.63, 3.8) is 0 Å². The standard InChI is InChI=1S/C13H8BrN5O/c1-19-7-8(4-15)2-11(19)13-17-12(18-20-13)9-3-10(14)6-16-5-9/h2-3,5-7H,1H3. The predicted octanol–water partition coefficient (Wildman–Crippen LogP) is 2.77. The Balaban J connectivity index is 2.02. The van der Waals surface area contributed by atoms with E-state index in [0.717, 1.165) is 10.0 Å². The highest BCUT2D eigenvalue weighted by Crippen LogP contribution is 2.24. The molecule has 0 bridgehead atoms. The Hall–Kier alpha value is -2.46. The quantitative estimate of drug-likeness (QED) is 0.722. The lowest BCUT2D eigenvalue weighted by atomic mass is 10.3. The molecule has 98 valence electrons. The molecule has 3 rings (SSSR count). The van der Waals surface area contributed by atoms with E-state index in [9.17, 15) is 0 Å².